The molecule has 5 heteroatoms. The predicted octanol–water partition coefficient (Wildman–Crippen LogP) is 2.00. The molecule has 2 rings (SSSR count). The summed E-state index contributed by atoms with van der Waals surface area (Å²) in [6.45, 7) is 0. The lowest BCUT2D eigenvalue weighted by Crippen LogP contribution is -2.07. The normalized spacial score (nSPS) is 14.9. The van der Waals surface area contributed by atoms with Gasteiger partial charge in [0.25, 0.3) is 0 Å². The maximum absolute atomic E-state index is 12.0. The molecule has 1 aliphatic carbocycles. The van der Waals surface area contributed by atoms with Crippen molar-refractivity contribution in [3.8, 4) is 5.75 Å². The molecule has 0 unspecified atom stereocenters. The van der Waals surface area contributed by atoms with Crippen molar-refractivity contribution in [2.45, 2.75) is 12.8 Å². The summed E-state index contributed by atoms with van der Waals surface area (Å²) in [6.07, 6.45) is 1.99. The lowest BCUT2D eigenvalue weighted by Gasteiger charge is -2.11. The van der Waals surface area contributed by atoms with Crippen LogP contribution in [-0.2, 0) is 0 Å². The molecule has 0 aliphatic heterocycles. The molecule has 0 amide bonds. The van der Waals surface area contributed by atoms with Gasteiger partial charge in [0.1, 0.15) is 5.00 Å². The first-order valence-electron chi connectivity index (χ1n) is 5.24. The molecule has 1 fully saturated rings. The van der Waals surface area contributed by atoms with Crippen LogP contribution in [0.25, 0.3) is 0 Å². The molecule has 16 heavy (non-hydrogen) atoms. The molecular formula is C11H16N2O2S. The summed E-state index contributed by atoms with van der Waals surface area (Å²) in [6, 6.07) is 0. The van der Waals surface area contributed by atoms with Gasteiger partial charge in [0.15, 0.2) is 11.5 Å². The second-order valence-corrected chi connectivity index (χ2v) is 5.22. The van der Waals surface area contributed by atoms with Crippen molar-refractivity contribution in [3.63, 3.8) is 0 Å². The highest BCUT2D eigenvalue weighted by atomic mass is 32.1. The minimum absolute atomic E-state index is 0.175. The standard InChI is InChI=1S/C11H16N2O2S/c1-13(2)11-9(15-3)7(12)10(16-11)8(14)6-4-5-6/h6H,4-5,12H2,1-3H3. The summed E-state index contributed by atoms with van der Waals surface area (Å²) in [4.78, 5) is 14.6. The van der Waals surface area contributed by atoms with E-state index >= 15 is 0 Å². The van der Waals surface area contributed by atoms with Gasteiger partial charge in [0.2, 0.25) is 0 Å². The van der Waals surface area contributed by atoms with Crippen LogP contribution in [0.5, 0.6) is 5.75 Å². The molecule has 1 aromatic heterocycles. The fraction of sp³-hybridized carbons (Fsp3) is 0.545. The van der Waals surface area contributed by atoms with Crippen LogP contribution in [0.3, 0.4) is 0 Å². The number of ether oxygens (including phenoxy) is 1. The summed E-state index contributed by atoms with van der Waals surface area (Å²) in [5.41, 5.74) is 6.45. The Hall–Kier alpha value is -1.23. The number of rotatable bonds is 4. The third-order valence-corrected chi connectivity index (χ3v) is 4.03. The number of carbonyl (C=O) groups excluding carboxylic acids is 1. The van der Waals surface area contributed by atoms with Crippen LogP contribution in [-0.4, -0.2) is 27.0 Å². The van der Waals surface area contributed by atoms with Gasteiger partial charge in [-0.15, -0.1) is 11.3 Å². The van der Waals surface area contributed by atoms with E-state index in [0.29, 0.717) is 16.3 Å². The Kier molecular flexibility index (Phi) is 2.80. The molecule has 0 saturated heterocycles. The molecule has 1 saturated carbocycles. The molecule has 88 valence electrons. The minimum Gasteiger partial charge on any atom is -0.492 e. The maximum atomic E-state index is 12.0. The molecule has 2 N–H and O–H groups in total. The van der Waals surface area contributed by atoms with Gasteiger partial charge >= 0.3 is 0 Å². The van der Waals surface area contributed by atoms with Crippen molar-refractivity contribution < 1.29 is 9.53 Å². The molecule has 1 heterocycles. The van der Waals surface area contributed by atoms with E-state index in [1.165, 1.54) is 11.3 Å². The van der Waals surface area contributed by atoms with E-state index in [-0.39, 0.29) is 11.7 Å². The van der Waals surface area contributed by atoms with Gasteiger partial charge in [0.05, 0.1) is 17.7 Å². The first-order chi connectivity index (χ1) is 7.56. The predicted molar refractivity (Wildman–Crippen MR) is 66.7 cm³/mol. The van der Waals surface area contributed by atoms with Gasteiger partial charge in [-0.2, -0.15) is 0 Å². The van der Waals surface area contributed by atoms with Gasteiger partial charge in [-0.25, -0.2) is 0 Å². The fourth-order valence-corrected chi connectivity index (χ4v) is 2.75. The minimum atomic E-state index is 0.175. The number of nitrogen functional groups attached to an aromatic ring is 1. The van der Waals surface area contributed by atoms with E-state index in [2.05, 4.69) is 0 Å². The zero-order valence-corrected chi connectivity index (χ0v) is 10.6. The van der Waals surface area contributed by atoms with Crippen molar-refractivity contribution in [2.75, 3.05) is 31.8 Å². The van der Waals surface area contributed by atoms with E-state index in [1.807, 2.05) is 19.0 Å². The third-order valence-electron chi connectivity index (χ3n) is 2.66. The molecule has 4 nitrogen and oxygen atoms in total. The fourth-order valence-electron chi connectivity index (χ4n) is 1.62. The van der Waals surface area contributed by atoms with Crippen molar-refractivity contribution in [1.82, 2.24) is 0 Å². The third kappa shape index (κ3) is 1.75. The van der Waals surface area contributed by atoms with Crippen LogP contribution in [0.2, 0.25) is 0 Å². The number of nitrogens with zero attached hydrogens (tertiary/aromatic N) is 1. The Morgan fingerprint density at radius 2 is 2.12 bits per heavy atom. The van der Waals surface area contributed by atoms with Crippen molar-refractivity contribution in [1.29, 1.82) is 0 Å². The first kappa shape index (κ1) is 11.3. The Labute approximate surface area is 99.0 Å². The molecule has 0 aromatic carbocycles. The summed E-state index contributed by atoms with van der Waals surface area (Å²) >= 11 is 1.42. The van der Waals surface area contributed by atoms with Gasteiger partial charge in [-0.3, -0.25) is 4.79 Å². The molecule has 1 aromatic rings. The van der Waals surface area contributed by atoms with Crippen molar-refractivity contribution in [3.05, 3.63) is 4.88 Å². The zero-order chi connectivity index (χ0) is 11.9. The lowest BCUT2D eigenvalue weighted by molar-refractivity contribution is 0.0972. The van der Waals surface area contributed by atoms with Crippen LogP contribution >= 0.6 is 11.3 Å². The number of Topliss-reactive ketones (excluding diaryl/α,β-unsaturated/α-hetero) is 1. The Morgan fingerprint density at radius 3 is 2.50 bits per heavy atom. The summed E-state index contributed by atoms with van der Waals surface area (Å²) in [5, 5.41) is 0.906. The summed E-state index contributed by atoms with van der Waals surface area (Å²) < 4.78 is 5.26. The highest BCUT2D eigenvalue weighted by Gasteiger charge is 2.34. The zero-order valence-electron chi connectivity index (χ0n) is 9.74. The lowest BCUT2D eigenvalue weighted by atomic mass is 10.2. The smallest absolute Gasteiger partial charge is 0.178 e. The monoisotopic (exact) mass is 240 g/mol. The average Bonchev–Trinajstić information content (AvgIpc) is 3.01. The van der Waals surface area contributed by atoms with Gasteiger partial charge < -0.3 is 15.4 Å². The number of thiophene rings is 1. The summed E-state index contributed by atoms with van der Waals surface area (Å²) in [7, 11) is 5.41. The Bertz CT molecular complexity index is 422. The Morgan fingerprint density at radius 1 is 1.50 bits per heavy atom. The van der Waals surface area contributed by atoms with Gasteiger partial charge in [0, 0.05) is 20.0 Å². The van der Waals surface area contributed by atoms with E-state index in [9.17, 15) is 4.79 Å². The van der Waals surface area contributed by atoms with Crippen LogP contribution in [0, 0.1) is 5.92 Å². The molecule has 1 aliphatic rings. The Balaban J connectivity index is 2.42. The SMILES string of the molecule is COc1c(N(C)C)sc(C(=O)C2CC2)c1N. The van der Waals surface area contributed by atoms with Crippen LogP contribution in [0.4, 0.5) is 10.7 Å². The molecule has 0 radical (unpaired) electrons. The van der Waals surface area contributed by atoms with E-state index in [1.54, 1.807) is 7.11 Å². The second kappa shape index (κ2) is 3.97. The second-order valence-electron chi connectivity index (χ2n) is 4.22. The van der Waals surface area contributed by atoms with Gasteiger partial charge in [-0.05, 0) is 12.8 Å². The van der Waals surface area contributed by atoms with Crippen LogP contribution in [0.1, 0.15) is 22.5 Å². The number of hydrogen-bond acceptors (Lipinski definition) is 5. The number of ketones is 1. The molecular weight excluding hydrogens is 224 g/mol. The first-order valence-corrected chi connectivity index (χ1v) is 6.05. The average molecular weight is 240 g/mol. The van der Waals surface area contributed by atoms with Crippen molar-refractivity contribution >= 4 is 27.8 Å². The largest absolute Gasteiger partial charge is 0.492 e. The highest BCUT2D eigenvalue weighted by molar-refractivity contribution is 7.19. The number of anilines is 2. The maximum Gasteiger partial charge on any atom is 0.178 e. The number of carbonyl (C=O) groups is 1. The molecule has 0 spiro atoms. The number of hydrogen-bond donors (Lipinski definition) is 1. The quantitative estimate of drug-likeness (QED) is 0.818. The number of nitrogens with two attached hydrogens (primary N) is 1. The van der Waals surface area contributed by atoms with E-state index < -0.39 is 0 Å². The molecule has 0 bridgehead atoms. The topological polar surface area (TPSA) is 55.6 Å². The van der Waals surface area contributed by atoms with E-state index in [4.69, 9.17) is 10.5 Å². The van der Waals surface area contributed by atoms with Crippen molar-refractivity contribution in [2.24, 2.45) is 5.92 Å². The van der Waals surface area contributed by atoms with Gasteiger partial charge in [-0.1, -0.05) is 0 Å². The van der Waals surface area contributed by atoms with E-state index in [0.717, 1.165) is 17.8 Å². The van der Waals surface area contributed by atoms with Crippen LogP contribution in [0.15, 0.2) is 0 Å². The number of methoxy groups -OCH3 is 1. The molecule has 0 atom stereocenters. The summed E-state index contributed by atoms with van der Waals surface area (Å²) in [5.74, 6) is 0.994. The highest BCUT2D eigenvalue weighted by Crippen LogP contribution is 2.46. The van der Waals surface area contributed by atoms with Crippen LogP contribution < -0.4 is 15.4 Å².